The molecule has 22 heavy (non-hydrogen) atoms. The minimum atomic E-state index is 0.0207. The highest BCUT2D eigenvalue weighted by Crippen LogP contribution is 2.37. The van der Waals surface area contributed by atoms with Crippen LogP contribution in [0.5, 0.6) is 17.2 Å². The molecule has 5 heteroatoms. The van der Waals surface area contributed by atoms with Crippen LogP contribution >= 0.6 is 11.6 Å². The van der Waals surface area contributed by atoms with Crippen molar-refractivity contribution in [2.45, 2.75) is 26.5 Å². The number of phenolic OH excluding ortho intramolecular Hbond substituents is 1. The molecule has 118 valence electrons. The average molecular weight is 322 g/mol. The predicted octanol–water partition coefficient (Wildman–Crippen LogP) is 4.45. The maximum absolute atomic E-state index is 9.27. The van der Waals surface area contributed by atoms with Crippen LogP contribution in [0.3, 0.4) is 0 Å². The van der Waals surface area contributed by atoms with E-state index in [0.717, 1.165) is 11.3 Å². The maximum Gasteiger partial charge on any atom is 0.180 e. The summed E-state index contributed by atoms with van der Waals surface area (Å²) < 4.78 is 11.1. The lowest BCUT2D eigenvalue weighted by atomic mass is 10.2. The Morgan fingerprint density at radius 3 is 2.45 bits per heavy atom. The summed E-state index contributed by atoms with van der Waals surface area (Å²) in [5, 5.41) is 13.1. The fourth-order valence-electron chi connectivity index (χ4n) is 2.01. The van der Waals surface area contributed by atoms with E-state index in [1.165, 1.54) is 0 Å². The number of hydrogen-bond donors (Lipinski definition) is 2. The van der Waals surface area contributed by atoms with Gasteiger partial charge in [0.05, 0.1) is 18.2 Å². The highest BCUT2D eigenvalue weighted by atomic mass is 35.5. The number of methoxy groups -OCH3 is 1. The zero-order chi connectivity index (χ0) is 16.1. The SMILES string of the molecule is COc1cc(CNc2ccc(O)cc2)cc(Cl)c1OC(C)C. The number of ether oxygens (including phenoxy) is 2. The minimum absolute atomic E-state index is 0.0207. The van der Waals surface area contributed by atoms with Crippen molar-refractivity contribution in [3.63, 3.8) is 0 Å². The molecular weight excluding hydrogens is 302 g/mol. The molecule has 0 aliphatic rings. The van der Waals surface area contributed by atoms with Crippen molar-refractivity contribution < 1.29 is 14.6 Å². The predicted molar refractivity (Wildman–Crippen MR) is 89.2 cm³/mol. The normalized spacial score (nSPS) is 10.6. The van der Waals surface area contributed by atoms with Gasteiger partial charge < -0.3 is 19.9 Å². The quantitative estimate of drug-likeness (QED) is 0.772. The molecule has 4 nitrogen and oxygen atoms in total. The third-order valence-electron chi connectivity index (χ3n) is 3.01. The van der Waals surface area contributed by atoms with Gasteiger partial charge >= 0.3 is 0 Å². The van der Waals surface area contributed by atoms with Gasteiger partial charge in [0.1, 0.15) is 5.75 Å². The molecule has 0 aliphatic carbocycles. The summed E-state index contributed by atoms with van der Waals surface area (Å²) in [6.45, 7) is 4.47. The van der Waals surface area contributed by atoms with E-state index in [0.29, 0.717) is 23.1 Å². The standard InChI is InChI=1S/C17H20ClNO3/c1-11(2)22-17-15(18)8-12(9-16(17)21-3)10-19-13-4-6-14(20)7-5-13/h4-9,11,19-20H,10H2,1-3H3. The number of benzene rings is 2. The second kappa shape index (κ2) is 7.27. The number of aromatic hydroxyl groups is 1. The summed E-state index contributed by atoms with van der Waals surface area (Å²) in [7, 11) is 1.59. The van der Waals surface area contributed by atoms with Crippen molar-refractivity contribution in [2.75, 3.05) is 12.4 Å². The Bertz CT molecular complexity index is 627. The molecule has 0 saturated heterocycles. The zero-order valence-corrected chi connectivity index (χ0v) is 13.6. The summed E-state index contributed by atoms with van der Waals surface area (Å²) in [4.78, 5) is 0. The van der Waals surface area contributed by atoms with Crippen molar-refractivity contribution in [1.82, 2.24) is 0 Å². The van der Waals surface area contributed by atoms with Gasteiger partial charge in [0.15, 0.2) is 11.5 Å². The van der Waals surface area contributed by atoms with E-state index in [2.05, 4.69) is 5.32 Å². The maximum atomic E-state index is 9.27. The Kier molecular flexibility index (Phi) is 5.39. The molecular formula is C17H20ClNO3. The second-order valence-electron chi connectivity index (χ2n) is 5.18. The van der Waals surface area contributed by atoms with E-state index in [-0.39, 0.29) is 11.9 Å². The van der Waals surface area contributed by atoms with Gasteiger partial charge in [-0.05, 0) is 55.8 Å². The fraction of sp³-hybridized carbons (Fsp3) is 0.294. The lowest BCUT2D eigenvalue weighted by molar-refractivity contribution is 0.230. The van der Waals surface area contributed by atoms with Crippen LogP contribution in [0.15, 0.2) is 36.4 Å². The van der Waals surface area contributed by atoms with Crippen molar-refractivity contribution in [3.05, 3.63) is 47.0 Å². The van der Waals surface area contributed by atoms with Gasteiger partial charge in [-0.25, -0.2) is 0 Å². The molecule has 2 aromatic rings. The molecule has 0 fully saturated rings. The first-order valence-corrected chi connectivity index (χ1v) is 7.43. The molecule has 0 unspecified atom stereocenters. The molecule has 0 aromatic heterocycles. The molecule has 2 N–H and O–H groups in total. The third-order valence-corrected chi connectivity index (χ3v) is 3.29. The van der Waals surface area contributed by atoms with Crippen LogP contribution in [0.1, 0.15) is 19.4 Å². The van der Waals surface area contributed by atoms with Crippen LogP contribution in [-0.2, 0) is 6.54 Å². The Morgan fingerprint density at radius 1 is 1.18 bits per heavy atom. The van der Waals surface area contributed by atoms with Gasteiger partial charge in [-0.1, -0.05) is 11.6 Å². The second-order valence-corrected chi connectivity index (χ2v) is 5.58. The number of hydrogen-bond acceptors (Lipinski definition) is 4. The first kappa shape index (κ1) is 16.3. The lowest BCUT2D eigenvalue weighted by Crippen LogP contribution is -2.08. The largest absolute Gasteiger partial charge is 0.508 e. The zero-order valence-electron chi connectivity index (χ0n) is 12.9. The smallest absolute Gasteiger partial charge is 0.180 e. The van der Waals surface area contributed by atoms with Crippen molar-refractivity contribution in [2.24, 2.45) is 0 Å². The molecule has 0 radical (unpaired) electrons. The Morgan fingerprint density at radius 2 is 1.86 bits per heavy atom. The topological polar surface area (TPSA) is 50.7 Å². The molecule has 0 amide bonds. The van der Waals surface area contributed by atoms with Gasteiger partial charge in [-0.3, -0.25) is 0 Å². The van der Waals surface area contributed by atoms with E-state index >= 15 is 0 Å². The van der Waals surface area contributed by atoms with E-state index in [1.807, 2.05) is 38.1 Å². The number of phenols is 1. The number of nitrogens with one attached hydrogen (secondary N) is 1. The van der Waals surface area contributed by atoms with E-state index in [4.69, 9.17) is 21.1 Å². The Balaban J connectivity index is 2.14. The minimum Gasteiger partial charge on any atom is -0.508 e. The summed E-state index contributed by atoms with van der Waals surface area (Å²) in [6, 6.07) is 10.6. The number of rotatable bonds is 6. The van der Waals surface area contributed by atoms with Gasteiger partial charge in [0.2, 0.25) is 0 Å². The van der Waals surface area contributed by atoms with E-state index in [9.17, 15) is 5.11 Å². The monoisotopic (exact) mass is 321 g/mol. The van der Waals surface area contributed by atoms with Gasteiger partial charge in [0, 0.05) is 12.2 Å². The summed E-state index contributed by atoms with van der Waals surface area (Å²) in [5.41, 5.74) is 1.89. The van der Waals surface area contributed by atoms with Crippen LogP contribution in [0.4, 0.5) is 5.69 Å². The van der Waals surface area contributed by atoms with Crippen molar-refractivity contribution in [1.29, 1.82) is 0 Å². The molecule has 2 rings (SSSR count). The molecule has 2 aromatic carbocycles. The highest BCUT2D eigenvalue weighted by molar-refractivity contribution is 6.32. The Labute approximate surface area is 135 Å². The van der Waals surface area contributed by atoms with Crippen LogP contribution in [0, 0.1) is 0 Å². The van der Waals surface area contributed by atoms with Crippen LogP contribution in [0.2, 0.25) is 5.02 Å². The fourth-order valence-corrected chi connectivity index (χ4v) is 2.29. The average Bonchev–Trinajstić information content (AvgIpc) is 2.48. The first-order chi connectivity index (χ1) is 10.5. The highest BCUT2D eigenvalue weighted by Gasteiger charge is 2.13. The third kappa shape index (κ3) is 4.21. The lowest BCUT2D eigenvalue weighted by Gasteiger charge is -2.16. The van der Waals surface area contributed by atoms with Gasteiger partial charge in [0.25, 0.3) is 0 Å². The molecule has 0 spiro atoms. The van der Waals surface area contributed by atoms with Crippen LogP contribution in [0.25, 0.3) is 0 Å². The molecule has 0 bridgehead atoms. The van der Waals surface area contributed by atoms with E-state index in [1.54, 1.807) is 19.2 Å². The first-order valence-electron chi connectivity index (χ1n) is 7.05. The van der Waals surface area contributed by atoms with Crippen LogP contribution in [-0.4, -0.2) is 18.3 Å². The van der Waals surface area contributed by atoms with Crippen molar-refractivity contribution >= 4 is 17.3 Å². The van der Waals surface area contributed by atoms with Gasteiger partial charge in [-0.2, -0.15) is 0 Å². The molecule has 0 aliphatic heterocycles. The number of anilines is 1. The molecule has 0 atom stereocenters. The molecule has 0 heterocycles. The summed E-state index contributed by atoms with van der Waals surface area (Å²) >= 11 is 6.29. The van der Waals surface area contributed by atoms with Gasteiger partial charge in [-0.15, -0.1) is 0 Å². The molecule has 0 saturated carbocycles. The summed E-state index contributed by atoms with van der Waals surface area (Å²) in [6.07, 6.45) is 0.0207. The van der Waals surface area contributed by atoms with Crippen LogP contribution < -0.4 is 14.8 Å². The van der Waals surface area contributed by atoms with Crippen molar-refractivity contribution in [3.8, 4) is 17.2 Å². The summed E-state index contributed by atoms with van der Waals surface area (Å²) in [5.74, 6) is 1.42. The van der Waals surface area contributed by atoms with E-state index < -0.39 is 0 Å². The number of halogens is 1. The Hall–Kier alpha value is -2.07.